The zero-order valence-corrected chi connectivity index (χ0v) is 10.7. The lowest BCUT2D eigenvalue weighted by Crippen LogP contribution is -2.45. The summed E-state index contributed by atoms with van der Waals surface area (Å²) in [5, 5.41) is 13.6. The lowest BCUT2D eigenvalue weighted by atomic mass is 9.99. The van der Waals surface area contributed by atoms with Gasteiger partial charge in [0.15, 0.2) is 0 Å². The second kappa shape index (κ2) is 6.12. The number of rotatable bonds is 5. The molecule has 1 heterocycles. The highest BCUT2D eigenvalue weighted by Crippen LogP contribution is 2.12. The van der Waals surface area contributed by atoms with Crippen LogP contribution in [0.5, 0.6) is 0 Å². The number of carbonyl (C=O) groups excluding carboxylic acids is 1. The van der Waals surface area contributed by atoms with Gasteiger partial charge in [-0.1, -0.05) is 0 Å². The average Bonchev–Trinajstić information content (AvgIpc) is 2.25. The average molecular weight is 269 g/mol. The molecule has 0 unspecified atom stereocenters. The van der Waals surface area contributed by atoms with Crippen LogP contribution in [0.2, 0.25) is 0 Å². The molecule has 0 radical (unpaired) electrons. The van der Waals surface area contributed by atoms with Gasteiger partial charge in [0, 0.05) is 18.0 Å². The van der Waals surface area contributed by atoms with Crippen LogP contribution in [-0.4, -0.2) is 27.6 Å². The first-order valence-electron chi connectivity index (χ1n) is 5.70. The standard InChI is InChI=1S/C12H16FN3O3/c1-12(2,4-3-10(17)18)16-11(19)15-9-5-8(13)6-14-7-9/h5-7H,3-4H2,1-2H3,(H,17,18)(H2,15,16,19). The van der Waals surface area contributed by atoms with Crippen molar-refractivity contribution in [1.82, 2.24) is 10.3 Å². The highest BCUT2D eigenvalue weighted by Gasteiger charge is 2.21. The number of halogens is 1. The molecule has 0 aliphatic carbocycles. The van der Waals surface area contributed by atoms with Gasteiger partial charge in [-0.3, -0.25) is 9.78 Å². The van der Waals surface area contributed by atoms with Crippen LogP contribution in [0, 0.1) is 5.82 Å². The fourth-order valence-electron chi connectivity index (χ4n) is 1.43. The molecule has 0 fully saturated rings. The van der Waals surface area contributed by atoms with Gasteiger partial charge in [0.25, 0.3) is 0 Å². The molecule has 1 aromatic heterocycles. The van der Waals surface area contributed by atoms with E-state index in [0.717, 1.165) is 12.3 Å². The number of nitrogens with one attached hydrogen (secondary N) is 2. The van der Waals surface area contributed by atoms with Gasteiger partial charge in [-0.15, -0.1) is 0 Å². The van der Waals surface area contributed by atoms with Crippen LogP contribution in [0.4, 0.5) is 14.9 Å². The highest BCUT2D eigenvalue weighted by molar-refractivity contribution is 5.89. The van der Waals surface area contributed by atoms with Crippen LogP contribution in [0.25, 0.3) is 0 Å². The molecule has 7 heteroatoms. The molecule has 1 rings (SSSR count). The minimum absolute atomic E-state index is 0.0468. The number of hydrogen-bond acceptors (Lipinski definition) is 3. The van der Waals surface area contributed by atoms with Crippen LogP contribution in [0.15, 0.2) is 18.5 Å². The maximum absolute atomic E-state index is 12.9. The topological polar surface area (TPSA) is 91.3 Å². The smallest absolute Gasteiger partial charge is 0.319 e. The Hall–Kier alpha value is -2.18. The second-order valence-electron chi connectivity index (χ2n) is 4.75. The van der Waals surface area contributed by atoms with Crippen LogP contribution in [-0.2, 0) is 4.79 Å². The summed E-state index contributed by atoms with van der Waals surface area (Å²) >= 11 is 0. The van der Waals surface area contributed by atoms with Crippen LogP contribution >= 0.6 is 0 Å². The third kappa shape index (κ3) is 5.80. The minimum Gasteiger partial charge on any atom is -0.481 e. The lowest BCUT2D eigenvalue weighted by Gasteiger charge is -2.25. The van der Waals surface area contributed by atoms with Crippen LogP contribution in [0.1, 0.15) is 26.7 Å². The number of hydrogen-bond donors (Lipinski definition) is 3. The molecule has 0 spiro atoms. The second-order valence-corrected chi connectivity index (χ2v) is 4.75. The molecule has 0 aliphatic heterocycles. The SMILES string of the molecule is CC(C)(CCC(=O)O)NC(=O)Nc1cncc(F)c1. The summed E-state index contributed by atoms with van der Waals surface area (Å²) in [4.78, 5) is 25.7. The number of carboxylic acids is 1. The number of anilines is 1. The summed E-state index contributed by atoms with van der Waals surface area (Å²) in [5.74, 6) is -1.48. The number of amides is 2. The van der Waals surface area contributed by atoms with E-state index in [0.29, 0.717) is 0 Å². The molecular weight excluding hydrogens is 253 g/mol. The van der Waals surface area contributed by atoms with E-state index in [2.05, 4.69) is 15.6 Å². The number of carboxylic acid groups (broad SMARTS) is 1. The Balaban J connectivity index is 2.52. The zero-order valence-electron chi connectivity index (χ0n) is 10.7. The maximum atomic E-state index is 12.9. The van der Waals surface area contributed by atoms with Gasteiger partial charge >= 0.3 is 12.0 Å². The predicted molar refractivity (Wildman–Crippen MR) is 67.3 cm³/mol. The number of nitrogens with zero attached hydrogens (tertiary/aromatic N) is 1. The number of carbonyl (C=O) groups is 2. The van der Waals surface area contributed by atoms with Gasteiger partial charge < -0.3 is 15.7 Å². The lowest BCUT2D eigenvalue weighted by molar-refractivity contribution is -0.137. The van der Waals surface area contributed by atoms with Gasteiger partial charge in [0.1, 0.15) is 5.82 Å². The van der Waals surface area contributed by atoms with Crippen molar-refractivity contribution in [2.24, 2.45) is 0 Å². The van der Waals surface area contributed by atoms with Gasteiger partial charge in [-0.25, -0.2) is 9.18 Å². The van der Waals surface area contributed by atoms with Crippen molar-refractivity contribution in [3.63, 3.8) is 0 Å². The molecule has 1 aromatic rings. The zero-order chi connectivity index (χ0) is 14.5. The molecule has 0 saturated heterocycles. The largest absolute Gasteiger partial charge is 0.481 e. The summed E-state index contributed by atoms with van der Waals surface area (Å²) in [6, 6.07) is 0.597. The van der Waals surface area contributed by atoms with Crippen molar-refractivity contribution in [3.05, 3.63) is 24.3 Å². The van der Waals surface area contributed by atoms with Gasteiger partial charge in [-0.05, 0) is 20.3 Å². The van der Waals surface area contributed by atoms with E-state index in [1.165, 1.54) is 6.20 Å². The fourth-order valence-corrected chi connectivity index (χ4v) is 1.43. The molecule has 0 atom stereocenters. The summed E-state index contributed by atoms with van der Waals surface area (Å²) in [5.41, 5.74) is -0.449. The van der Waals surface area contributed by atoms with Crippen molar-refractivity contribution in [2.75, 3.05) is 5.32 Å². The number of pyridine rings is 1. The molecule has 0 bridgehead atoms. The molecule has 104 valence electrons. The maximum Gasteiger partial charge on any atom is 0.319 e. The highest BCUT2D eigenvalue weighted by atomic mass is 19.1. The van der Waals surface area contributed by atoms with E-state index in [-0.39, 0.29) is 18.5 Å². The molecule has 0 aliphatic rings. The summed E-state index contributed by atoms with van der Waals surface area (Å²) < 4.78 is 12.9. The van der Waals surface area contributed by atoms with Gasteiger partial charge in [0.05, 0.1) is 18.1 Å². The van der Waals surface area contributed by atoms with Crippen molar-refractivity contribution in [3.8, 4) is 0 Å². The summed E-state index contributed by atoms with van der Waals surface area (Å²) in [6.45, 7) is 3.42. The summed E-state index contributed by atoms with van der Waals surface area (Å²) in [7, 11) is 0. The van der Waals surface area contributed by atoms with Gasteiger partial charge in [-0.2, -0.15) is 0 Å². The Morgan fingerprint density at radius 3 is 2.68 bits per heavy atom. The first kappa shape index (κ1) is 14.9. The van der Waals surface area contributed by atoms with Crippen molar-refractivity contribution in [1.29, 1.82) is 0 Å². The van der Waals surface area contributed by atoms with E-state index >= 15 is 0 Å². The van der Waals surface area contributed by atoms with E-state index in [1.54, 1.807) is 13.8 Å². The molecule has 19 heavy (non-hydrogen) atoms. The molecule has 0 aromatic carbocycles. The quantitative estimate of drug-likeness (QED) is 0.762. The van der Waals surface area contributed by atoms with E-state index in [1.807, 2.05) is 0 Å². The molecular formula is C12H16FN3O3. The van der Waals surface area contributed by atoms with Crippen LogP contribution in [0.3, 0.4) is 0 Å². The monoisotopic (exact) mass is 269 g/mol. The Bertz CT molecular complexity index is 477. The minimum atomic E-state index is -0.926. The van der Waals surface area contributed by atoms with E-state index < -0.39 is 23.4 Å². The molecule has 0 saturated carbocycles. The predicted octanol–water partition coefficient (Wildman–Crippen LogP) is 1.99. The third-order valence-electron chi connectivity index (χ3n) is 2.38. The Morgan fingerprint density at radius 2 is 2.11 bits per heavy atom. The third-order valence-corrected chi connectivity index (χ3v) is 2.38. The first-order chi connectivity index (χ1) is 8.78. The molecule has 2 amide bonds. The normalized spacial score (nSPS) is 10.9. The molecule has 6 nitrogen and oxygen atoms in total. The first-order valence-corrected chi connectivity index (χ1v) is 5.70. The van der Waals surface area contributed by atoms with Crippen LogP contribution < -0.4 is 10.6 Å². The van der Waals surface area contributed by atoms with E-state index in [4.69, 9.17) is 5.11 Å². The fraction of sp³-hybridized carbons (Fsp3) is 0.417. The number of aliphatic carboxylic acids is 1. The van der Waals surface area contributed by atoms with Crippen molar-refractivity contribution in [2.45, 2.75) is 32.2 Å². The van der Waals surface area contributed by atoms with E-state index in [9.17, 15) is 14.0 Å². The molecule has 3 N–H and O–H groups in total. The summed E-state index contributed by atoms with van der Waals surface area (Å²) in [6.07, 6.45) is 2.58. The Labute approximate surface area is 110 Å². The van der Waals surface area contributed by atoms with Crippen molar-refractivity contribution < 1.29 is 19.1 Å². The van der Waals surface area contributed by atoms with Gasteiger partial charge in [0.2, 0.25) is 0 Å². The van der Waals surface area contributed by atoms with Crippen molar-refractivity contribution >= 4 is 17.7 Å². The Kier molecular flexibility index (Phi) is 4.80. The number of urea groups is 1. The number of aromatic nitrogens is 1. The Morgan fingerprint density at radius 1 is 1.42 bits per heavy atom.